The Morgan fingerprint density at radius 3 is 2.65 bits per heavy atom. The SMILES string of the molecule is Cc1ccc(OCCNC(=O)c2ccccc2)cc1Cl. The van der Waals surface area contributed by atoms with E-state index in [1.807, 2.05) is 37.3 Å². The Morgan fingerprint density at radius 1 is 1.20 bits per heavy atom. The van der Waals surface area contributed by atoms with Crippen LogP contribution in [0.25, 0.3) is 0 Å². The van der Waals surface area contributed by atoms with E-state index >= 15 is 0 Å². The van der Waals surface area contributed by atoms with Crippen molar-refractivity contribution >= 4 is 17.5 Å². The van der Waals surface area contributed by atoms with Gasteiger partial charge < -0.3 is 10.1 Å². The van der Waals surface area contributed by atoms with E-state index in [9.17, 15) is 4.79 Å². The molecule has 20 heavy (non-hydrogen) atoms. The number of nitrogens with one attached hydrogen (secondary N) is 1. The highest BCUT2D eigenvalue weighted by Gasteiger charge is 2.03. The number of hydrogen-bond donors (Lipinski definition) is 1. The summed E-state index contributed by atoms with van der Waals surface area (Å²) in [5.74, 6) is 0.602. The average molecular weight is 290 g/mol. The standard InChI is InChI=1S/C16H16ClNO2/c1-12-7-8-14(11-15(12)17)20-10-9-18-16(19)13-5-3-2-4-6-13/h2-8,11H,9-10H2,1H3,(H,18,19). The maximum atomic E-state index is 11.8. The van der Waals surface area contributed by atoms with Gasteiger partial charge in [-0.25, -0.2) is 0 Å². The molecule has 4 heteroatoms. The summed E-state index contributed by atoms with van der Waals surface area (Å²) in [6.45, 7) is 2.78. The molecule has 0 atom stereocenters. The van der Waals surface area contributed by atoms with Gasteiger partial charge in [-0.05, 0) is 36.8 Å². The Labute approximate surface area is 123 Å². The third kappa shape index (κ3) is 4.00. The molecule has 0 unspecified atom stereocenters. The second-order valence-electron chi connectivity index (χ2n) is 4.38. The minimum absolute atomic E-state index is 0.101. The van der Waals surface area contributed by atoms with E-state index in [2.05, 4.69) is 5.32 Å². The van der Waals surface area contributed by atoms with Gasteiger partial charge in [0.05, 0.1) is 6.54 Å². The lowest BCUT2D eigenvalue weighted by atomic mass is 10.2. The molecular formula is C16H16ClNO2. The van der Waals surface area contributed by atoms with E-state index in [4.69, 9.17) is 16.3 Å². The molecule has 1 N–H and O–H groups in total. The fraction of sp³-hybridized carbons (Fsp3) is 0.188. The molecule has 0 saturated carbocycles. The van der Waals surface area contributed by atoms with Crippen LogP contribution in [0.15, 0.2) is 48.5 Å². The number of rotatable bonds is 5. The van der Waals surface area contributed by atoms with Crippen LogP contribution < -0.4 is 10.1 Å². The monoisotopic (exact) mass is 289 g/mol. The smallest absolute Gasteiger partial charge is 0.251 e. The van der Waals surface area contributed by atoms with Crippen LogP contribution in [0.5, 0.6) is 5.75 Å². The molecule has 0 saturated heterocycles. The Kier molecular flexibility index (Phi) is 5.02. The van der Waals surface area contributed by atoms with Crippen LogP contribution in [0.1, 0.15) is 15.9 Å². The predicted molar refractivity (Wildman–Crippen MR) is 80.5 cm³/mol. The number of ether oxygens (including phenoxy) is 1. The summed E-state index contributed by atoms with van der Waals surface area (Å²) in [5, 5.41) is 3.47. The first-order chi connectivity index (χ1) is 9.66. The van der Waals surface area contributed by atoms with Crippen LogP contribution in [-0.2, 0) is 0 Å². The van der Waals surface area contributed by atoms with Crippen LogP contribution in [0.2, 0.25) is 5.02 Å². The number of aryl methyl sites for hydroxylation is 1. The molecule has 0 spiro atoms. The Hall–Kier alpha value is -2.00. The van der Waals surface area contributed by atoms with E-state index in [1.165, 1.54) is 0 Å². The average Bonchev–Trinajstić information content (AvgIpc) is 2.48. The minimum Gasteiger partial charge on any atom is -0.492 e. The van der Waals surface area contributed by atoms with Gasteiger partial charge in [0.1, 0.15) is 12.4 Å². The lowest BCUT2D eigenvalue weighted by Crippen LogP contribution is -2.28. The van der Waals surface area contributed by atoms with Crippen molar-refractivity contribution in [3.8, 4) is 5.75 Å². The first kappa shape index (κ1) is 14.4. The zero-order valence-corrected chi connectivity index (χ0v) is 12.0. The van der Waals surface area contributed by atoms with Crippen molar-refractivity contribution in [2.45, 2.75) is 6.92 Å². The summed E-state index contributed by atoms with van der Waals surface area (Å²) in [5.41, 5.74) is 1.65. The molecule has 0 aliphatic rings. The van der Waals surface area contributed by atoms with Gasteiger partial charge in [-0.3, -0.25) is 4.79 Å². The highest BCUT2D eigenvalue weighted by atomic mass is 35.5. The summed E-state index contributed by atoms with van der Waals surface area (Å²) in [7, 11) is 0. The van der Waals surface area contributed by atoms with Crippen molar-refractivity contribution in [3.05, 3.63) is 64.7 Å². The third-order valence-electron chi connectivity index (χ3n) is 2.84. The quantitative estimate of drug-likeness (QED) is 0.856. The first-order valence-electron chi connectivity index (χ1n) is 6.39. The van der Waals surface area contributed by atoms with Crippen LogP contribution in [0.4, 0.5) is 0 Å². The molecule has 0 heterocycles. The van der Waals surface area contributed by atoms with Gasteiger partial charge in [-0.2, -0.15) is 0 Å². The fourth-order valence-electron chi connectivity index (χ4n) is 1.69. The van der Waals surface area contributed by atoms with Crippen molar-refractivity contribution in [1.82, 2.24) is 5.32 Å². The topological polar surface area (TPSA) is 38.3 Å². The molecule has 2 aromatic carbocycles. The molecule has 2 aromatic rings. The van der Waals surface area contributed by atoms with Crippen molar-refractivity contribution in [1.29, 1.82) is 0 Å². The summed E-state index contributed by atoms with van der Waals surface area (Å²) in [6.07, 6.45) is 0. The van der Waals surface area contributed by atoms with Crippen LogP contribution in [0.3, 0.4) is 0 Å². The number of carbonyl (C=O) groups excluding carboxylic acids is 1. The van der Waals surface area contributed by atoms with Crippen LogP contribution >= 0.6 is 11.6 Å². The summed E-state index contributed by atoms with van der Waals surface area (Å²) in [4.78, 5) is 11.8. The zero-order valence-electron chi connectivity index (χ0n) is 11.2. The Morgan fingerprint density at radius 2 is 1.95 bits per heavy atom. The zero-order chi connectivity index (χ0) is 14.4. The molecule has 0 aliphatic carbocycles. The maximum Gasteiger partial charge on any atom is 0.251 e. The van der Waals surface area contributed by atoms with E-state index in [1.54, 1.807) is 18.2 Å². The van der Waals surface area contributed by atoms with Gasteiger partial charge >= 0.3 is 0 Å². The van der Waals surface area contributed by atoms with Crippen LogP contribution in [-0.4, -0.2) is 19.1 Å². The highest BCUT2D eigenvalue weighted by molar-refractivity contribution is 6.31. The maximum absolute atomic E-state index is 11.8. The number of carbonyl (C=O) groups is 1. The molecule has 0 fully saturated rings. The Bertz CT molecular complexity index is 584. The largest absolute Gasteiger partial charge is 0.492 e. The Balaban J connectivity index is 1.76. The predicted octanol–water partition coefficient (Wildman–Crippen LogP) is 3.46. The van der Waals surface area contributed by atoms with Crippen molar-refractivity contribution in [2.75, 3.05) is 13.2 Å². The van der Waals surface area contributed by atoms with Gasteiger partial charge in [0, 0.05) is 10.6 Å². The molecule has 3 nitrogen and oxygen atoms in total. The third-order valence-corrected chi connectivity index (χ3v) is 3.24. The number of halogens is 1. The van der Waals surface area contributed by atoms with Gasteiger partial charge in [-0.1, -0.05) is 35.9 Å². The van der Waals surface area contributed by atoms with Crippen LogP contribution in [0, 0.1) is 6.92 Å². The molecule has 1 amide bonds. The van der Waals surface area contributed by atoms with Crippen molar-refractivity contribution in [2.24, 2.45) is 0 Å². The second-order valence-corrected chi connectivity index (χ2v) is 4.79. The summed E-state index contributed by atoms with van der Waals surface area (Å²) in [6, 6.07) is 14.6. The van der Waals surface area contributed by atoms with E-state index in [-0.39, 0.29) is 5.91 Å². The molecule has 0 bridgehead atoms. The van der Waals surface area contributed by atoms with E-state index in [0.717, 1.165) is 5.56 Å². The second kappa shape index (κ2) is 6.96. The minimum atomic E-state index is -0.101. The van der Waals surface area contributed by atoms with Gasteiger partial charge in [0.15, 0.2) is 0 Å². The number of benzene rings is 2. The molecule has 0 aliphatic heterocycles. The number of amides is 1. The summed E-state index contributed by atoms with van der Waals surface area (Å²) < 4.78 is 5.53. The summed E-state index contributed by atoms with van der Waals surface area (Å²) >= 11 is 6.01. The van der Waals surface area contributed by atoms with Gasteiger partial charge in [0.2, 0.25) is 0 Å². The van der Waals surface area contributed by atoms with E-state index < -0.39 is 0 Å². The fourth-order valence-corrected chi connectivity index (χ4v) is 1.86. The normalized spacial score (nSPS) is 10.1. The molecule has 104 valence electrons. The van der Waals surface area contributed by atoms with Gasteiger partial charge in [-0.15, -0.1) is 0 Å². The first-order valence-corrected chi connectivity index (χ1v) is 6.77. The van der Waals surface area contributed by atoms with E-state index in [0.29, 0.717) is 29.5 Å². The molecule has 0 aromatic heterocycles. The van der Waals surface area contributed by atoms with Crippen molar-refractivity contribution < 1.29 is 9.53 Å². The lowest BCUT2D eigenvalue weighted by Gasteiger charge is -2.08. The lowest BCUT2D eigenvalue weighted by molar-refractivity contribution is 0.0947. The van der Waals surface area contributed by atoms with Crippen molar-refractivity contribution in [3.63, 3.8) is 0 Å². The molecule has 2 rings (SSSR count). The molecule has 0 radical (unpaired) electrons. The molecular weight excluding hydrogens is 274 g/mol. The van der Waals surface area contributed by atoms with Gasteiger partial charge in [0.25, 0.3) is 5.91 Å². The highest BCUT2D eigenvalue weighted by Crippen LogP contribution is 2.21. The number of hydrogen-bond acceptors (Lipinski definition) is 2.